The number of pyridine rings is 1. The van der Waals surface area contributed by atoms with Crippen molar-refractivity contribution >= 4 is 23.8 Å². The van der Waals surface area contributed by atoms with Crippen LogP contribution < -0.4 is 9.80 Å². The van der Waals surface area contributed by atoms with E-state index in [1.807, 2.05) is 35.2 Å². The van der Waals surface area contributed by atoms with E-state index >= 15 is 0 Å². The number of carbonyl (C=O) groups is 2. The van der Waals surface area contributed by atoms with Crippen molar-refractivity contribution in [2.75, 3.05) is 42.5 Å². The SMILES string of the molecule is O=CN1CCN(c2ccc(C(=O)N3CCCc4ccccc43)cn2)CC1. The summed E-state index contributed by atoms with van der Waals surface area (Å²) in [7, 11) is 0. The van der Waals surface area contributed by atoms with Crippen LogP contribution in [0.5, 0.6) is 0 Å². The van der Waals surface area contributed by atoms with Gasteiger partial charge in [0.2, 0.25) is 6.41 Å². The Labute approximate surface area is 153 Å². The maximum Gasteiger partial charge on any atom is 0.259 e. The Balaban J connectivity index is 1.49. The molecule has 0 spiro atoms. The Bertz CT molecular complexity index is 798. The van der Waals surface area contributed by atoms with Crippen LogP contribution in [0.25, 0.3) is 0 Å². The van der Waals surface area contributed by atoms with Gasteiger partial charge in [0.05, 0.1) is 5.56 Å². The van der Waals surface area contributed by atoms with E-state index in [-0.39, 0.29) is 5.91 Å². The number of hydrogen-bond donors (Lipinski definition) is 0. The molecule has 2 amide bonds. The van der Waals surface area contributed by atoms with Crippen LogP contribution in [-0.2, 0) is 11.2 Å². The van der Waals surface area contributed by atoms with Gasteiger partial charge in [0.25, 0.3) is 5.91 Å². The van der Waals surface area contributed by atoms with E-state index in [1.165, 1.54) is 5.56 Å². The number of rotatable bonds is 3. The molecule has 26 heavy (non-hydrogen) atoms. The van der Waals surface area contributed by atoms with E-state index in [9.17, 15) is 9.59 Å². The van der Waals surface area contributed by atoms with Crippen molar-refractivity contribution in [3.05, 3.63) is 53.7 Å². The first kappa shape index (κ1) is 16.6. The topological polar surface area (TPSA) is 56.8 Å². The predicted molar refractivity (Wildman–Crippen MR) is 101 cm³/mol. The number of anilines is 2. The van der Waals surface area contributed by atoms with Crippen molar-refractivity contribution < 1.29 is 9.59 Å². The van der Waals surface area contributed by atoms with Gasteiger partial charge in [-0.15, -0.1) is 0 Å². The van der Waals surface area contributed by atoms with E-state index in [0.717, 1.165) is 50.4 Å². The summed E-state index contributed by atoms with van der Waals surface area (Å²) in [6, 6.07) is 11.9. The lowest BCUT2D eigenvalue weighted by Crippen LogP contribution is -2.46. The van der Waals surface area contributed by atoms with Crippen molar-refractivity contribution in [2.24, 2.45) is 0 Å². The molecule has 134 valence electrons. The first-order valence-electron chi connectivity index (χ1n) is 9.06. The first-order chi connectivity index (χ1) is 12.8. The molecule has 6 nitrogen and oxygen atoms in total. The molecule has 1 aromatic heterocycles. The van der Waals surface area contributed by atoms with Crippen LogP contribution in [0, 0.1) is 0 Å². The van der Waals surface area contributed by atoms with E-state index in [1.54, 1.807) is 11.1 Å². The normalized spacial score (nSPS) is 17.0. The average molecular weight is 350 g/mol. The first-order valence-corrected chi connectivity index (χ1v) is 9.06. The fourth-order valence-electron chi connectivity index (χ4n) is 3.66. The molecule has 0 saturated carbocycles. The quantitative estimate of drug-likeness (QED) is 0.794. The zero-order valence-corrected chi connectivity index (χ0v) is 14.7. The number of benzene rings is 1. The average Bonchev–Trinajstić information content (AvgIpc) is 2.73. The lowest BCUT2D eigenvalue weighted by atomic mass is 10.0. The summed E-state index contributed by atoms with van der Waals surface area (Å²) in [5.74, 6) is 0.855. The summed E-state index contributed by atoms with van der Waals surface area (Å²) in [6.45, 7) is 3.68. The molecular formula is C20H22N4O2. The van der Waals surface area contributed by atoms with Crippen LogP contribution in [0.4, 0.5) is 11.5 Å². The van der Waals surface area contributed by atoms with Crippen molar-refractivity contribution in [2.45, 2.75) is 12.8 Å². The third-order valence-corrected chi connectivity index (χ3v) is 5.14. The third kappa shape index (κ3) is 3.14. The van der Waals surface area contributed by atoms with Gasteiger partial charge in [-0.05, 0) is 36.6 Å². The predicted octanol–water partition coefficient (Wildman–Crippen LogP) is 1.95. The molecule has 2 aliphatic rings. The van der Waals surface area contributed by atoms with E-state index < -0.39 is 0 Å². The Kier molecular flexibility index (Phi) is 4.56. The molecule has 3 heterocycles. The Morgan fingerprint density at radius 3 is 2.54 bits per heavy atom. The fraction of sp³-hybridized carbons (Fsp3) is 0.350. The summed E-state index contributed by atoms with van der Waals surface area (Å²) in [4.78, 5) is 34.0. The minimum Gasteiger partial charge on any atom is -0.353 e. The Morgan fingerprint density at radius 1 is 1.00 bits per heavy atom. The summed E-state index contributed by atoms with van der Waals surface area (Å²) in [5, 5.41) is 0. The number of piperazine rings is 1. The fourth-order valence-corrected chi connectivity index (χ4v) is 3.66. The number of amides is 2. The van der Waals surface area contributed by atoms with Gasteiger partial charge in [-0.2, -0.15) is 0 Å². The van der Waals surface area contributed by atoms with Crippen LogP contribution in [-0.4, -0.2) is 54.9 Å². The lowest BCUT2D eigenvalue weighted by Gasteiger charge is -2.33. The maximum absolute atomic E-state index is 13.0. The van der Waals surface area contributed by atoms with Gasteiger partial charge in [0.1, 0.15) is 5.82 Å². The lowest BCUT2D eigenvalue weighted by molar-refractivity contribution is -0.118. The molecule has 0 N–H and O–H groups in total. The van der Waals surface area contributed by atoms with E-state index in [0.29, 0.717) is 18.7 Å². The molecule has 4 rings (SSSR count). The van der Waals surface area contributed by atoms with Crippen molar-refractivity contribution in [1.29, 1.82) is 0 Å². The highest BCUT2D eigenvalue weighted by Gasteiger charge is 2.24. The molecule has 2 aliphatic heterocycles. The molecule has 6 heteroatoms. The van der Waals surface area contributed by atoms with Crippen LogP contribution in [0.2, 0.25) is 0 Å². The summed E-state index contributed by atoms with van der Waals surface area (Å²) in [5.41, 5.74) is 2.85. The second-order valence-corrected chi connectivity index (χ2v) is 6.72. The van der Waals surface area contributed by atoms with Crippen LogP contribution in [0.3, 0.4) is 0 Å². The number of aromatic nitrogens is 1. The summed E-state index contributed by atoms with van der Waals surface area (Å²) in [6.07, 6.45) is 4.56. The summed E-state index contributed by atoms with van der Waals surface area (Å²) >= 11 is 0. The number of carbonyl (C=O) groups excluding carboxylic acids is 2. The van der Waals surface area contributed by atoms with Gasteiger partial charge in [-0.1, -0.05) is 18.2 Å². The highest BCUT2D eigenvalue weighted by Crippen LogP contribution is 2.28. The number of hydrogen-bond acceptors (Lipinski definition) is 4. The van der Waals surface area contributed by atoms with Gasteiger partial charge in [-0.3, -0.25) is 9.59 Å². The van der Waals surface area contributed by atoms with Crippen LogP contribution >= 0.6 is 0 Å². The van der Waals surface area contributed by atoms with Gasteiger partial charge in [0, 0.05) is 44.6 Å². The second kappa shape index (κ2) is 7.15. The summed E-state index contributed by atoms with van der Waals surface area (Å²) < 4.78 is 0. The smallest absolute Gasteiger partial charge is 0.259 e. The Hall–Kier alpha value is -2.89. The van der Waals surface area contributed by atoms with Gasteiger partial charge < -0.3 is 14.7 Å². The number of nitrogens with zero attached hydrogens (tertiary/aromatic N) is 4. The van der Waals surface area contributed by atoms with E-state index in [2.05, 4.69) is 16.0 Å². The zero-order valence-electron chi connectivity index (χ0n) is 14.7. The van der Waals surface area contributed by atoms with Crippen molar-refractivity contribution in [1.82, 2.24) is 9.88 Å². The van der Waals surface area contributed by atoms with Crippen LogP contribution in [0.15, 0.2) is 42.6 Å². The largest absolute Gasteiger partial charge is 0.353 e. The minimum atomic E-state index is 0.00183. The molecule has 2 aromatic rings. The van der Waals surface area contributed by atoms with Crippen LogP contribution in [0.1, 0.15) is 22.3 Å². The highest BCUT2D eigenvalue weighted by molar-refractivity contribution is 6.06. The second-order valence-electron chi connectivity index (χ2n) is 6.72. The molecule has 1 saturated heterocycles. The molecule has 0 unspecified atom stereocenters. The number of aryl methyl sites for hydroxylation is 1. The van der Waals surface area contributed by atoms with E-state index in [4.69, 9.17) is 0 Å². The van der Waals surface area contributed by atoms with Gasteiger partial charge in [0.15, 0.2) is 0 Å². The standard InChI is InChI=1S/C20H22N4O2/c25-15-22-10-12-23(13-11-22)19-8-7-17(14-21-19)20(26)24-9-3-5-16-4-1-2-6-18(16)24/h1-2,4,6-8,14-15H,3,5,9-13H2. The molecule has 0 aliphatic carbocycles. The monoisotopic (exact) mass is 350 g/mol. The molecule has 1 aromatic carbocycles. The highest BCUT2D eigenvalue weighted by atomic mass is 16.2. The third-order valence-electron chi connectivity index (χ3n) is 5.14. The van der Waals surface area contributed by atoms with Crippen molar-refractivity contribution in [3.8, 4) is 0 Å². The zero-order chi connectivity index (χ0) is 17.9. The van der Waals surface area contributed by atoms with Gasteiger partial charge in [-0.25, -0.2) is 4.98 Å². The number of fused-ring (bicyclic) bond motifs is 1. The van der Waals surface area contributed by atoms with Gasteiger partial charge >= 0.3 is 0 Å². The molecule has 1 fully saturated rings. The minimum absolute atomic E-state index is 0.00183. The molecule has 0 atom stereocenters. The number of para-hydroxylation sites is 1. The molecule has 0 radical (unpaired) electrons. The Morgan fingerprint density at radius 2 is 1.81 bits per heavy atom. The molecule has 0 bridgehead atoms. The molecular weight excluding hydrogens is 328 g/mol. The van der Waals surface area contributed by atoms with Crippen molar-refractivity contribution in [3.63, 3.8) is 0 Å². The maximum atomic E-state index is 13.0.